The quantitative estimate of drug-likeness (QED) is 0.427. The molecule has 4 heteroatoms. The van der Waals surface area contributed by atoms with E-state index in [2.05, 4.69) is 24.3 Å². The van der Waals surface area contributed by atoms with Crippen LogP contribution in [0.15, 0.2) is 84.9 Å². The summed E-state index contributed by atoms with van der Waals surface area (Å²) in [5.74, 6) is 1.68. The van der Waals surface area contributed by atoms with Crippen LogP contribution in [0.25, 0.3) is 29.1 Å². The molecular formula is C25H22N2O2. The van der Waals surface area contributed by atoms with Crippen molar-refractivity contribution >= 4 is 12.2 Å². The smallest absolute Gasteiger partial charge is 0.118 e. The van der Waals surface area contributed by atoms with Crippen LogP contribution in [0.1, 0.15) is 11.3 Å². The molecule has 0 saturated heterocycles. The van der Waals surface area contributed by atoms with Crippen molar-refractivity contribution in [3.05, 3.63) is 96.2 Å². The molecule has 0 saturated carbocycles. The third kappa shape index (κ3) is 4.22. The van der Waals surface area contributed by atoms with Crippen LogP contribution >= 0.6 is 0 Å². The summed E-state index contributed by atoms with van der Waals surface area (Å²) in [5.41, 5.74) is 5.09. The Morgan fingerprint density at radius 3 is 1.97 bits per heavy atom. The van der Waals surface area contributed by atoms with Gasteiger partial charge < -0.3 is 9.47 Å². The zero-order chi connectivity index (χ0) is 20.1. The van der Waals surface area contributed by atoms with E-state index in [1.807, 2.05) is 77.5 Å². The van der Waals surface area contributed by atoms with Crippen molar-refractivity contribution in [3.63, 3.8) is 0 Å². The summed E-state index contributed by atoms with van der Waals surface area (Å²) in [4.78, 5) is 0. The van der Waals surface area contributed by atoms with Crippen LogP contribution in [0.4, 0.5) is 0 Å². The lowest BCUT2D eigenvalue weighted by Gasteiger charge is -2.08. The molecule has 0 N–H and O–H groups in total. The van der Waals surface area contributed by atoms with Gasteiger partial charge in [0.25, 0.3) is 0 Å². The average Bonchev–Trinajstić information content (AvgIpc) is 3.23. The van der Waals surface area contributed by atoms with Gasteiger partial charge in [-0.15, -0.1) is 0 Å². The SMILES string of the molecule is COc1ccc(C=Cc2cc(-c3ccc(OC)cc3)n(-c3ccccc3)n2)cc1. The average molecular weight is 382 g/mol. The lowest BCUT2D eigenvalue weighted by atomic mass is 10.1. The van der Waals surface area contributed by atoms with Crippen LogP contribution in [-0.2, 0) is 0 Å². The van der Waals surface area contributed by atoms with Crippen LogP contribution in [0.3, 0.4) is 0 Å². The fourth-order valence-electron chi connectivity index (χ4n) is 3.11. The Kier molecular flexibility index (Phi) is 5.43. The first-order chi connectivity index (χ1) is 14.3. The van der Waals surface area contributed by atoms with Gasteiger partial charge in [-0.2, -0.15) is 5.10 Å². The molecule has 0 aliphatic rings. The third-order valence-corrected chi connectivity index (χ3v) is 4.68. The molecule has 4 aromatic rings. The highest BCUT2D eigenvalue weighted by atomic mass is 16.5. The molecule has 0 aliphatic heterocycles. The van der Waals surface area contributed by atoms with E-state index in [0.717, 1.165) is 39.7 Å². The summed E-state index contributed by atoms with van der Waals surface area (Å²) >= 11 is 0. The van der Waals surface area contributed by atoms with E-state index in [1.54, 1.807) is 14.2 Å². The molecule has 29 heavy (non-hydrogen) atoms. The van der Waals surface area contributed by atoms with Crippen LogP contribution in [0.2, 0.25) is 0 Å². The number of hydrogen-bond donors (Lipinski definition) is 0. The topological polar surface area (TPSA) is 36.3 Å². The molecule has 1 heterocycles. The fraction of sp³-hybridized carbons (Fsp3) is 0.0800. The summed E-state index contributed by atoms with van der Waals surface area (Å²) in [6.45, 7) is 0. The Morgan fingerprint density at radius 1 is 0.724 bits per heavy atom. The van der Waals surface area contributed by atoms with Gasteiger partial charge in [0.1, 0.15) is 11.5 Å². The minimum Gasteiger partial charge on any atom is -0.497 e. The Hall–Kier alpha value is -3.79. The number of benzene rings is 3. The third-order valence-electron chi connectivity index (χ3n) is 4.68. The van der Waals surface area contributed by atoms with Crippen LogP contribution in [-0.4, -0.2) is 24.0 Å². The molecule has 0 amide bonds. The van der Waals surface area contributed by atoms with Crippen LogP contribution in [0.5, 0.6) is 11.5 Å². The largest absolute Gasteiger partial charge is 0.497 e. The van der Waals surface area contributed by atoms with E-state index >= 15 is 0 Å². The van der Waals surface area contributed by atoms with Crippen molar-refractivity contribution in [1.82, 2.24) is 9.78 Å². The number of methoxy groups -OCH3 is 2. The number of hydrogen-bond acceptors (Lipinski definition) is 3. The maximum atomic E-state index is 5.29. The molecule has 1 aromatic heterocycles. The van der Waals surface area contributed by atoms with E-state index in [9.17, 15) is 0 Å². The normalized spacial score (nSPS) is 11.0. The fourth-order valence-corrected chi connectivity index (χ4v) is 3.11. The van der Waals surface area contributed by atoms with Crippen molar-refractivity contribution in [2.45, 2.75) is 0 Å². The number of ether oxygens (including phenoxy) is 2. The molecule has 0 radical (unpaired) electrons. The molecule has 0 spiro atoms. The summed E-state index contributed by atoms with van der Waals surface area (Å²) in [6, 6.07) is 28.2. The van der Waals surface area contributed by atoms with Crippen molar-refractivity contribution < 1.29 is 9.47 Å². The van der Waals surface area contributed by atoms with Gasteiger partial charge in [-0.05, 0) is 66.2 Å². The van der Waals surface area contributed by atoms with E-state index in [4.69, 9.17) is 14.6 Å². The van der Waals surface area contributed by atoms with Crippen molar-refractivity contribution in [2.24, 2.45) is 0 Å². The predicted octanol–water partition coefficient (Wildman–Crippen LogP) is 5.73. The van der Waals surface area contributed by atoms with Crippen LogP contribution in [0, 0.1) is 0 Å². The predicted molar refractivity (Wildman–Crippen MR) is 117 cm³/mol. The molecule has 4 rings (SSSR count). The van der Waals surface area contributed by atoms with Gasteiger partial charge in [-0.1, -0.05) is 36.4 Å². The summed E-state index contributed by atoms with van der Waals surface area (Å²) < 4.78 is 12.5. The minimum absolute atomic E-state index is 0.833. The van der Waals surface area contributed by atoms with Crippen LogP contribution < -0.4 is 9.47 Å². The van der Waals surface area contributed by atoms with Gasteiger partial charge in [0.15, 0.2) is 0 Å². The van der Waals surface area contributed by atoms with Gasteiger partial charge in [0.05, 0.1) is 31.3 Å². The molecule has 0 aliphatic carbocycles. The molecule has 0 bridgehead atoms. The maximum Gasteiger partial charge on any atom is 0.118 e. The first-order valence-corrected chi connectivity index (χ1v) is 9.39. The van der Waals surface area contributed by atoms with E-state index in [1.165, 1.54) is 0 Å². The molecule has 0 atom stereocenters. The van der Waals surface area contributed by atoms with E-state index < -0.39 is 0 Å². The Balaban J connectivity index is 1.71. The number of rotatable bonds is 6. The molecule has 4 nitrogen and oxygen atoms in total. The van der Waals surface area contributed by atoms with Gasteiger partial charge in [0, 0.05) is 5.56 Å². The second-order valence-corrected chi connectivity index (χ2v) is 6.54. The summed E-state index contributed by atoms with van der Waals surface area (Å²) in [5, 5.41) is 4.82. The van der Waals surface area contributed by atoms with Gasteiger partial charge in [-0.3, -0.25) is 0 Å². The summed E-state index contributed by atoms with van der Waals surface area (Å²) in [7, 11) is 3.34. The molecule has 0 unspecified atom stereocenters. The Labute approximate surface area is 170 Å². The van der Waals surface area contributed by atoms with Gasteiger partial charge >= 0.3 is 0 Å². The first kappa shape index (κ1) is 18.6. The Bertz CT molecular complexity index is 1100. The highest BCUT2D eigenvalue weighted by Gasteiger charge is 2.10. The Morgan fingerprint density at radius 2 is 1.34 bits per heavy atom. The summed E-state index contributed by atoms with van der Waals surface area (Å²) in [6.07, 6.45) is 4.07. The minimum atomic E-state index is 0.833. The number of nitrogens with zero attached hydrogens (tertiary/aromatic N) is 2. The monoisotopic (exact) mass is 382 g/mol. The van der Waals surface area contributed by atoms with Crippen molar-refractivity contribution in [2.75, 3.05) is 14.2 Å². The lowest BCUT2D eigenvalue weighted by molar-refractivity contribution is 0.414. The maximum absolute atomic E-state index is 5.29. The van der Waals surface area contributed by atoms with E-state index in [0.29, 0.717) is 0 Å². The van der Waals surface area contributed by atoms with Crippen molar-refractivity contribution in [1.29, 1.82) is 0 Å². The first-order valence-electron chi connectivity index (χ1n) is 9.39. The molecular weight excluding hydrogens is 360 g/mol. The highest BCUT2D eigenvalue weighted by Crippen LogP contribution is 2.27. The highest BCUT2D eigenvalue weighted by molar-refractivity contribution is 5.72. The number of aromatic nitrogens is 2. The van der Waals surface area contributed by atoms with Gasteiger partial charge in [-0.25, -0.2) is 4.68 Å². The molecule has 3 aromatic carbocycles. The van der Waals surface area contributed by atoms with Crippen molar-refractivity contribution in [3.8, 4) is 28.4 Å². The molecule has 0 fully saturated rings. The zero-order valence-electron chi connectivity index (χ0n) is 16.4. The second kappa shape index (κ2) is 8.48. The lowest BCUT2D eigenvalue weighted by Crippen LogP contribution is -1.98. The molecule has 144 valence electrons. The standard InChI is InChI=1S/C25H22N2O2/c1-28-23-14-9-19(10-15-23)8-13-21-18-25(20-11-16-24(29-2)17-12-20)27(26-21)22-6-4-3-5-7-22/h3-18H,1-2H3. The zero-order valence-corrected chi connectivity index (χ0v) is 16.4. The van der Waals surface area contributed by atoms with Gasteiger partial charge in [0.2, 0.25) is 0 Å². The van der Waals surface area contributed by atoms with E-state index in [-0.39, 0.29) is 0 Å². The second-order valence-electron chi connectivity index (χ2n) is 6.54. The number of para-hydroxylation sites is 1.